The number of carbonyl (C=O) groups excluding carboxylic acids is 1. The van der Waals surface area contributed by atoms with Gasteiger partial charge in [-0.25, -0.2) is 14.8 Å². The molecule has 1 heterocycles. The van der Waals surface area contributed by atoms with Crippen molar-refractivity contribution in [3.05, 3.63) is 24.3 Å². The Kier molecular flexibility index (Phi) is 5.23. The highest BCUT2D eigenvalue weighted by Crippen LogP contribution is 2.10. The van der Waals surface area contributed by atoms with Gasteiger partial charge in [-0.05, 0) is 26.3 Å². The third-order valence-corrected chi connectivity index (χ3v) is 2.49. The summed E-state index contributed by atoms with van der Waals surface area (Å²) in [5, 5.41) is 14.0. The largest absolute Gasteiger partial charge is 0.481 e. The minimum atomic E-state index is -0.878. The van der Waals surface area contributed by atoms with Crippen molar-refractivity contribution < 1.29 is 14.7 Å². The number of nitrogens with one attached hydrogen (secondary N) is 2. The van der Waals surface area contributed by atoms with Crippen molar-refractivity contribution in [2.45, 2.75) is 38.8 Å². The van der Waals surface area contributed by atoms with Crippen molar-refractivity contribution in [1.82, 2.24) is 20.6 Å². The van der Waals surface area contributed by atoms with Crippen LogP contribution in [0.25, 0.3) is 0 Å². The first-order chi connectivity index (χ1) is 8.89. The van der Waals surface area contributed by atoms with Crippen molar-refractivity contribution in [1.29, 1.82) is 0 Å². The topological polar surface area (TPSA) is 104 Å². The molecule has 1 aromatic rings. The van der Waals surface area contributed by atoms with E-state index in [0.29, 0.717) is 18.7 Å². The molecular formula is C12H18N4O3. The van der Waals surface area contributed by atoms with Crippen molar-refractivity contribution >= 4 is 12.0 Å². The molecule has 2 amide bonds. The van der Waals surface area contributed by atoms with Gasteiger partial charge in [0.2, 0.25) is 0 Å². The summed E-state index contributed by atoms with van der Waals surface area (Å²) >= 11 is 0. The second kappa shape index (κ2) is 6.67. The van der Waals surface area contributed by atoms with E-state index in [9.17, 15) is 9.59 Å². The number of carboxylic acids is 1. The van der Waals surface area contributed by atoms with Gasteiger partial charge in [0, 0.05) is 18.2 Å². The minimum absolute atomic E-state index is 0.0131. The summed E-state index contributed by atoms with van der Waals surface area (Å²) in [7, 11) is 0. The number of aromatic nitrogens is 2. The molecule has 1 aromatic heterocycles. The molecule has 0 bridgehead atoms. The molecule has 0 saturated heterocycles. The molecule has 0 radical (unpaired) electrons. The molecule has 0 spiro atoms. The number of urea groups is 1. The summed E-state index contributed by atoms with van der Waals surface area (Å²) in [6.07, 6.45) is 3.38. The van der Waals surface area contributed by atoms with Crippen LogP contribution in [-0.4, -0.2) is 32.6 Å². The number of carboxylic acid groups (broad SMARTS) is 1. The first-order valence-electron chi connectivity index (χ1n) is 5.92. The van der Waals surface area contributed by atoms with E-state index >= 15 is 0 Å². The second-order valence-electron chi connectivity index (χ2n) is 4.79. The highest BCUT2D eigenvalue weighted by molar-refractivity contribution is 5.74. The number of amides is 2. The van der Waals surface area contributed by atoms with Crippen molar-refractivity contribution in [2.24, 2.45) is 0 Å². The Bertz CT molecular complexity index is 434. The molecule has 19 heavy (non-hydrogen) atoms. The fourth-order valence-corrected chi connectivity index (χ4v) is 1.43. The standard InChI is InChI=1S/C12H18N4O3/c1-12(2,5-3-10(17)18)16-11(19)14-7-9-4-6-13-8-15-9/h4,6,8H,3,5,7H2,1-2H3,(H,17,18)(H2,14,16,19). The van der Waals surface area contributed by atoms with Crippen molar-refractivity contribution in [2.75, 3.05) is 0 Å². The lowest BCUT2D eigenvalue weighted by Crippen LogP contribution is -2.48. The van der Waals surface area contributed by atoms with Crippen LogP contribution in [0.4, 0.5) is 4.79 Å². The van der Waals surface area contributed by atoms with E-state index in [0.717, 1.165) is 0 Å². The lowest BCUT2D eigenvalue weighted by atomic mass is 9.99. The van der Waals surface area contributed by atoms with E-state index in [1.54, 1.807) is 26.1 Å². The molecule has 1 rings (SSSR count). The summed E-state index contributed by atoms with van der Waals surface area (Å²) in [5.41, 5.74) is 0.127. The van der Waals surface area contributed by atoms with E-state index in [1.807, 2.05) is 0 Å². The van der Waals surface area contributed by atoms with Crippen LogP contribution in [0.1, 0.15) is 32.4 Å². The summed E-state index contributed by atoms with van der Waals surface area (Å²) in [6.45, 7) is 3.85. The maximum absolute atomic E-state index is 11.7. The lowest BCUT2D eigenvalue weighted by molar-refractivity contribution is -0.137. The average Bonchev–Trinajstić information content (AvgIpc) is 2.35. The van der Waals surface area contributed by atoms with Crippen LogP contribution in [0.15, 0.2) is 18.6 Å². The summed E-state index contributed by atoms with van der Waals surface area (Å²) in [5.74, 6) is -0.878. The van der Waals surface area contributed by atoms with Crippen molar-refractivity contribution in [3.8, 4) is 0 Å². The van der Waals surface area contributed by atoms with E-state index in [-0.39, 0.29) is 12.5 Å². The van der Waals surface area contributed by atoms with Crippen LogP contribution in [-0.2, 0) is 11.3 Å². The highest BCUT2D eigenvalue weighted by Gasteiger charge is 2.21. The van der Waals surface area contributed by atoms with Crippen LogP contribution in [0.5, 0.6) is 0 Å². The summed E-state index contributed by atoms with van der Waals surface area (Å²) in [4.78, 5) is 29.9. The van der Waals surface area contributed by atoms with Gasteiger partial charge in [0.1, 0.15) is 6.33 Å². The third-order valence-electron chi connectivity index (χ3n) is 2.49. The molecule has 0 aromatic carbocycles. The van der Waals surface area contributed by atoms with E-state index in [4.69, 9.17) is 5.11 Å². The van der Waals surface area contributed by atoms with Crippen LogP contribution >= 0.6 is 0 Å². The zero-order valence-corrected chi connectivity index (χ0v) is 11.0. The fraction of sp³-hybridized carbons (Fsp3) is 0.500. The number of rotatable bonds is 6. The summed E-state index contributed by atoms with van der Waals surface area (Å²) < 4.78 is 0. The Labute approximate surface area is 111 Å². The zero-order chi connectivity index (χ0) is 14.3. The Morgan fingerprint density at radius 1 is 1.42 bits per heavy atom. The third kappa shape index (κ3) is 6.35. The predicted molar refractivity (Wildman–Crippen MR) is 68.4 cm³/mol. The Morgan fingerprint density at radius 2 is 2.16 bits per heavy atom. The zero-order valence-electron chi connectivity index (χ0n) is 11.0. The number of carbonyl (C=O) groups is 2. The molecular weight excluding hydrogens is 248 g/mol. The first-order valence-corrected chi connectivity index (χ1v) is 5.92. The van der Waals surface area contributed by atoms with Gasteiger partial charge in [-0.15, -0.1) is 0 Å². The molecule has 0 aliphatic carbocycles. The maximum Gasteiger partial charge on any atom is 0.315 e. The van der Waals surface area contributed by atoms with Crippen LogP contribution in [0, 0.1) is 0 Å². The Balaban J connectivity index is 2.36. The van der Waals surface area contributed by atoms with Gasteiger partial charge in [-0.2, -0.15) is 0 Å². The fourth-order valence-electron chi connectivity index (χ4n) is 1.43. The van der Waals surface area contributed by atoms with Crippen LogP contribution in [0.3, 0.4) is 0 Å². The maximum atomic E-state index is 11.7. The molecule has 0 unspecified atom stereocenters. The summed E-state index contributed by atoms with van der Waals surface area (Å²) in [6, 6.07) is 1.35. The molecule has 0 saturated carbocycles. The van der Waals surface area contributed by atoms with Crippen molar-refractivity contribution in [3.63, 3.8) is 0 Å². The smallest absolute Gasteiger partial charge is 0.315 e. The van der Waals surface area contributed by atoms with Crippen LogP contribution in [0.2, 0.25) is 0 Å². The highest BCUT2D eigenvalue weighted by atomic mass is 16.4. The molecule has 104 valence electrons. The van der Waals surface area contributed by atoms with Gasteiger partial charge >= 0.3 is 12.0 Å². The molecule has 0 aliphatic rings. The number of hydrogen-bond acceptors (Lipinski definition) is 4. The Morgan fingerprint density at radius 3 is 2.74 bits per heavy atom. The molecule has 7 nitrogen and oxygen atoms in total. The van der Waals surface area contributed by atoms with Gasteiger partial charge in [0.05, 0.1) is 12.2 Å². The van der Waals surface area contributed by atoms with Crippen LogP contribution < -0.4 is 10.6 Å². The monoisotopic (exact) mass is 266 g/mol. The quantitative estimate of drug-likeness (QED) is 0.710. The normalized spacial score (nSPS) is 10.8. The lowest BCUT2D eigenvalue weighted by Gasteiger charge is -2.25. The molecule has 7 heteroatoms. The van der Waals surface area contributed by atoms with E-state index in [2.05, 4.69) is 20.6 Å². The van der Waals surface area contributed by atoms with E-state index in [1.165, 1.54) is 6.33 Å². The van der Waals surface area contributed by atoms with Gasteiger partial charge in [-0.1, -0.05) is 0 Å². The number of aliphatic carboxylic acids is 1. The SMILES string of the molecule is CC(C)(CCC(=O)O)NC(=O)NCc1ccncn1. The predicted octanol–water partition coefficient (Wildman–Crippen LogP) is 0.919. The van der Waals surface area contributed by atoms with Gasteiger partial charge in [0.25, 0.3) is 0 Å². The number of nitrogens with zero attached hydrogens (tertiary/aromatic N) is 2. The number of hydrogen-bond donors (Lipinski definition) is 3. The minimum Gasteiger partial charge on any atom is -0.481 e. The van der Waals surface area contributed by atoms with Gasteiger partial charge in [0.15, 0.2) is 0 Å². The first kappa shape index (κ1) is 14.9. The molecule has 0 atom stereocenters. The van der Waals surface area contributed by atoms with E-state index < -0.39 is 11.5 Å². The molecule has 3 N–H and O–H groups in total. The van der Waals surface area contributed by atoms with Gasteiger partial charge in [-0.3, -0.25) is 4.79 Å². The molecule has 0 fully saturated rings. The Hall–Kier alpha value is -2.18. The van der Waals surface area contributed by atoms with Gasteiger partial charge < -0.3 is 15.7 Å². The average molecular weight is 266 g/mol. The second-order valence-corrected chi connectivity index (χ2v) is 4.79. The molecule has 0 aliphatic heterocycles.